The SMILES string of the molecule is Nc1ccc(-c2nnc(C3CCCC3)o2)cc1. The van der Waals surface area contributed by atoms with Crippen LogP contribution < -0.4 is 5.73 Å². The van der Waals surface area contributed by atoms with E-state index in [9.17, 15) is 0 Å². The monoisotopic (exact) mass is 229 g/mol. The van der Waals surface area contributed by atoms with Crippen molar-refractivity contribution in [3.63, 3.8) is 0 Å². The maximum Gasteiger partial charge on any atom is 0.247 e. The van der Waals surface area contributed by atoms with Crippen LogP contribution in [-0.2, 0) is 0 Å². The van der Waals surface area contributed by atoms with Crippen molar-refractivity contribution < 1.29 is 4.42 Å². The van der Waals surface area contributed by atoms with Crippen LogP contribution >= 0.6 is 0 Å². The molecule has 1 heterocycles. The Balaban J connectivity index is 1.86. The predicted molar refractivity (Wildman–Crippen MR) is 65.4 cm³/mol. The summed E-state index contributed by atoms with van der Waals surface area (Å²) in [5.41, 5.74) is 7.31. The van der Waals surface area contributed by atoms with Gasteiger partial charge in [0.1, 0.15) is 0 Å². The molecule has 0 spiro atoms. The quantitative estimate of drug-likeness (QED) is 0.804. The zero-order valence-corrected chi connectivity index (χ0v) is 9.60. The van der Waals surface area contributed by atoms with Gasteiger partial charge < -0.3 is 10.2 Å². The van der Waals surface area contributed by atoms with E-state index < -0.39 is 0 Å². The fourth-order valence-electron chi connectivity index (χ4n) is 2.31. The molecule has 0 unspecified atom stereocenters. The summed E-state index contributed by atoms with van der Waals surface area (Å²) in [6, 6.07) is 7.49. The highest BCUT2D eigenvalue weighted by Crippen LogP contribution is 2.34. The van der Waals surface area contributed by atoms with E-state index in [1.165, 1.54) is 25.7 Å². The molecular weight excluding hydrogens is 214 g/mol. The third kappa shape index (κ3) is 2.02. The second-order valence-electron chi connectivity index (χ2n) is 4.55. The van der Waals surface area contributed by atoms with E-state index >= 15 is 0 Å². The molecule has 2 aromatic rings. The molecule has 0 amide bonds. The van der Waals surface area contributed by atoms with Gasteiger partial charge in [0.15, 0.2) is 0 Å². The molecule has 1 fully saturated rings. The molecule has 3 rings (SSSR count). The maximum absolute atomic E-state index is 5.73. The number of hydrogen-bond donors (Lipinski definition) is 1. The Morgan fingerprint density at radius 3 is 2.47 bits per heavy atom. The minimum atomic E-state index is 0.463. The molecule has 1 aliphatic carbocycles. The summed E-state index contributed by atoms with van der Waals surface area (Å²) in [4.78, 5) is 0. The molecule has 17 heavy (non-hydrogen) atoms. The molecule has 1 aliphatic rings. The van der Waals surface area contributed by atoms with Crippen LogP contribution in [0.4, 0.5) is 5.69 Å². The largest absolute Gasteiger partial charge is 0.420 e. The second-order valence-corrected chi connectivity index (χ2v) is 4.55. The Bertz CT molecular complexity index is 498. The normalized spacial score (nSPS) is 16.5. The number of nitrogen functional groups attached to an aromatic ring is 1. The Hall–Kier alpha value is -1.84. The van der Waals surface area contributed by atoms with E-state index in [2.05, 4.69) is 10.2 Å². The smallest absolute Gasteiger partial charge is 0.247 e. The van der Waals surface area contributed by atoms with E-state index in [0.717, 1.165) is 17.1 Å². The van der Waals surface area contributed by atoms with Crippen LogP contribution in [-0.4, -0.2) is 10.2 Å². The summed E-state index contributed by atoms with van der Waals surface area (Å²) < 4.78 is 5.73. The minimum absolute atomic E-state index is 0.463. The van der Waals surface area contributed by atoms with Gasteiger partial charge in [-0.05, 0) is 37.1 Å². The molecule has 0 bridgehead atoms. The van der Waals surface area contributed by atoms with Crippen molar-refractivity contribution in [1.82, 2.24) is 10.2 Å². The maximum atomic E-state index is 5.73. The van der Waals surface area contributed by atoms with Crippen molar-refractivity contribution in [3.05, 3.63) is 30.2 Å². The lowest BCUT2D eigenvalue weighted by atomic mass is 10.1. The van der Waals surface area contributed by atoms with Crippen LogP contribution in [0.3, 0.4) is 0 Å². The van der Waals surface area contributed by atoms with Gasteiger partial charge in [-0.3, -0.25) is 0 Å². The Kier molecular flexibility index (Phi) is 2.55. The molecule has 0 atom stereocenters. The van der Waals surface area contributed by atoms with E-state index in [1.807, 2.05) is 24.3 Å². The van der Waals surface area contributed by atoms with Gasteiger partial charge in [0.2, 0.25) is 11.8 Å². The van der Waals surface area contributed by atoms with Crippen molar-refractivity contribution in [2.75, 3.05) is 5.73 Å². The highest BCUT2D eigenvalue weighted by molar-refractivity contribution is 5.56. The van der Waals surface area contributed by atoms with Crippen molar-refractivity contribution >= 4 is 5.69 Å². The van der Waals surface area contributed by atoms with Crippen molar-refractivity contribution in [3.8, 4) is 11.5 Å². The highest BCUT2D eigenvalue weighted by Gasteiger charge is 2.22. The average Bonchev–Trinajstić information content (AvgIpc) is 3.00. The van der Waals surface area contributed by atoms with Crippen LogP contribution in [0.1, 0.15) is 37.5 Å². The summed E-state index contributed by atoms with van der Waals surface area (Å²) in [5, 5.41) is 8.25. The molecule has 4 nitrogen and oxygen atoms in total. The van der Waals surface area contributed by atoms with E-state index in [-0.39, 0.29) is 0 Å². The van der Waals surface area contributed by atoms with Crippen LogP contribution in [0.25, 0.3) is 11.5 Å². The van der Waals surface area contributed by atoms with Crippen LogP contribution in [0.2, 0.25) is 0 Å². The first-order valence-corrected chi connectivity index (χ1v) is 6.02. The summed E-state index contributed by atoms with van der Waals surface area (Å²) in [6.45, 7) is 0. The number of benzene rings is 1. The average molecular weight is 229 g/mol. The van der Waals surface area contributed by atoms with Crippen LogP contribution in [0, 0.1) is 0 Å². The van der Waals surface area contributed by atoms with Gasteiger partial charge in [-0.25, -0.2) is 0 Å². The van der Waals surface area contributed by atoms with Gasteiger partial charge in [0.25, 0.3) is 0 Å². The van der Waals surface area contributed by atoms with Gasteiger partial charge in [-0.15, -0.1) is 10.2 Å². The highest BCUT2D eigenvalue weighted by atomic mass is 16.4. The lowest BCUT2D eigenvalue weighted by molar-refractivity contribution is 0.457. The second kappa shape index (κ2) is 4.20. The number of aromatic nitrogens is 2. The zero-order chi connectivity index (χ0) is 11.7. The molecule has 4 heteroatoms. The van der Waals surface area contributed by atoms with E-state index in [0.29, 0.717) is 11.8 Å². The van der Waals surface area contributed by atoms with Gasteiger partial charge in [0, 0.05) is 17.2 Å². The molecule has 0 aliphatic heterocycles. The van der Waals surface area contributed by atoms with Crippen molar-refractivity contribution in [1.29, 1.82) is 0 Å². The number of nitrogens with zero attached hydrogens (tertiary/aromatic N) is 2. The molecule has 0 saturated heterocycles. The van der Waals surface area contributed by atoms with Gasteiger partial charge in [-0.2, -0.15) is 0 Å². The predicted octanol–water partition coefficient (Wildman–Crippen LogP) is 2.98. The molecule has 88 valence electrons. The van der Waals surface area contributed by atoms with E-state index in [4.69, 9.17) is 10.2 Å². The molecule has 1 saturated carbocycles. The van der Waals surface area contributed by atoms with Gasteiger partial charge >= 0.3 is 0 Å². The van der Waals surface area contributed by atoms with Gasteiger partial charge in [0.05, 0.1) is 0 Å². The third-order valence-corrected chi connectivity index (χ3v) is 3.30. The lowest BCUT2D eigenvalue weighted by Crippen LogP contribution is -1.91. The Morgan fingerprint density at radius 1 is 1.06 bits per heavy atom. The molecule has 1 aromatic heterocycles. The summed E-state index contributed by atoms with van der Waals surface area (Å²) >= 11 is 0. The topological polar surface area (TPSA) is 64.9 Å². The molecule has 2 N–H and O–H groups in total. The van der Waals surface area contributed by atoms with Crippen molar-refractivity contribution in [2.45, 2.75) is 31.6 Å². The van der Waals surface area contributed by atoms with Gasteiger partial charge in [-0.1, -0.05) is 12.8 Å². The summed E-state index contributed by atoms with van der Waals surface area (Å²) in [7, 11) is 0. The fourth-order valence-corrected chi connectivity index (χ4v) is 2.31. The minimum Gasteiger partial charge on any atom is -0.420 e. The van der Waals surface area contributed by atoms with E-state index in [1.54, 1.807) is 0 Å². The molecule has 1 aromatic carbocycles. The number of hydrogen-bond acceptors (Lipinski definition) is 4. The lowest BCUT2D eigenvalue weighted by Gasteiger charge is -2.00. The zero-order valence-electron chi connectivity index (χ0n) is 9.60. The first-order valence-electron chi connectivity index (χ1n) is 6.02. The Morgan fingerprint density at radius 2 is 1.76 bits per heavy atom. The number of nitrogens with two attached hydrogens (primary N) is 1. The molecule has 0 radical (unpaired) electrons. The third-order valence-electron chi connectivity index (χ3n) is 3.30. The van der Waals surface area contributed by atoms with Crippen molar-refractivity contribution in [2.24, 2.45) is 0 Å². The number of rotatable bonds is 2. The van der Waals surface area contributed by atoms with Crippen LogP contribution in [0.5, 0.6) is 0 Å². The fraction of sp³-hybridized carbons (Fsp3) is 0.385. The summed E-state index contributed by atoms with van der Waals surface area (Å²) in [6.07, 6.45) is 4.88. The summed E-state index contributed by atoms with van der Waals surface area (Å²) in [5.74, 6) is 1.84. The first kappa shape index (κ1) is 10.3. The Labute approximate surface area is 99.8 Å². The standard InChI is InChI=1S/C13H15N3O/c14-11-7-5-10(6-8-11)13-16-15-12(17-13)9-3-1-2-4-9/h5-9H,1-4,14H2. The van der Waals surface area contributed by atoms with Crippen LogP contribution in [0.15, 0.2) is 28.7 Å². The number of anilines is 1. The molecular formula is C13H15N3O. The first-order chi connectivity index (χ1) is 8.33.